The number of aromatic hydroxyl groups is 1. The molecule has 2 unspecified atom stereocenters. The average molecular weight is 966 g/mol. The van der Waals surface area contributed by atoms with Crippen LogP contribution in [0.15, 0.2) is 97.1 Å². The Kier molecular flexibility index (Phi) is 19.1. The minimum Gasteiger partial charge on any atom is -0.508 e. The minimum absolute atomic E-state index is 0.0489. The Labute approximate surface area is 428 Å². The number of imide groups is 1. The van der Waals surface area contributed by atoms with E-state index in [1.54, 1.807) is 24.3 Å². The maximum Gasteiger partial charge on any atom is 0.261 e. The molecule has 0 saturated carbocycles. The predicted molar refractivity (Wildman–Crippen MR) is 293 cm³/mol. The molecule has 5 aromatic rings. The largest absolute Gasteiger partial charge is 0.508 e. The van der Waals surface area contributed by atoms with E-state index in [1.807, 2.05) is 13.0 Å². The van der Waals surface area contributed by atoms with Gasteiger partial charge < -0.3 is 20.1 Å². The molecule has 2 atom stereocenters. The first-order chi connectivity index (χ1) is 33.5. The molecule has 1 aliphatic rings. The molecule has 3 N–H and O–H groups in total. The molecule has 5 aromatic carbocycles. The van der Waals surface area contributed by atoms with Gasteiger partial charge in [0.1, 0.15) is 11.5 Å². The van der Waals surface area contributed by atoms with Gasteiger partial charge in [0.05, 0.1) is 29.9 Å². The summed E-state index contributed by atoms with van der Waals surface area (Å²) in [6.45, 7) is 30.9. The number of unbranched alkanes of at least 4 members (excludes halogenated alkanes) is 1. The molecule has 0 radical (unpaired) electrons. The Morgan fingerprint density at radius 1 is 0.521 bits per heavy atom. The number of rotatable bonds is 20. The first-order valence-electron chi connectivity index (χ1n) is 26.5. The third-order valence-electron chi connectivity index (χ3n) is 16.0. The number of amides is 2. The highest BCUT2D eigenvalue weighted by Crippen LogP contribution is 2.43. The zero-order valence-electron chi connectivity index (χ0n) is 45.9. The standard InChI is InChI=1S/C38H49NO4.C26H38O2/c1-8-38(9-2,29-18-16-28(26(3)24-29)17-21-34(40)37(5,6)7)30-19-20-33(27(4)25-30)43-23-13-12-22-39-35(41)31-14-10-11-15-32(31)36(39)42;1-8-26(9-2,22-13-14-23(27)19(4)17-22)21-12-10-20(18(3)16-21)11-15-24(28)25(5,6)7/h10-11,14-16,18-20,24-25,34,40H,8-9,12-13,17,21-23H2,1-7H3;10,12-14,16-17,24,27-28H,8-9,11,15H2,1-7H3. The number of phenols is 1. The molecule has 7 heteroatoms. The lowest BCUT2D eigenvalue weighted by atomic mass is 9.69. The summed E-state index contributed by atoms with van der Waals surface area (Å²) < 4.78 is 6.15. The summed E-state index contributed by atoms with van der Waals surface area (Å²) in [4.78, 5) is 26.5. The summed E-state index contributed by atoms with van der Waals surface area (Å²) in [5.74, 6) is 0.822. The van der Waals surface area contributed by atoms with Crippen molar-refractivity contribution >= 4 is 11.8 Å². The fourth-order valence-electron chi connectivity index (χ4n) is 10.5. The van der Waals surface area contributed by atoms with E-state index >= 15 is 0 Å². The average Bonchev–Trinajstić information content (AvgIpc) is 3.57. The van der Waals surface area contributed by atoms with Gasteiger partial charge in [0.25, 0.3) is 11.8 Å². The third-order valence-corrected chi connectivity index (χ3v) is 16.0. The van der Waals surface area contributed by atoms with Crippen LogP contribution >= 0.6 is 0 Å². The van der Waals surface area contributed by atoms with Gasteiger partial charge in [-0.05, 0) is 183 Å². The summed E-state index contributed by atoms with van der Waals surface area (Å²) in [5.41, 5.74) is 13.1. The molecule has 0 bridgehead atoms. The van der Waals surface area contributed by atoms with Crippen molar-refractivity contribution in [1.29, 1.82) is 0 Å². The number of carbonyl (C=O) groups is 2. The van der Waals surface area contributed by atoms with Gasteiger partial charge in [-0.2, -0.15) is 0 Å². The normalized spacial score (nSPS) is 14.0. The lowest BCUT2D eigenvalue weighted by molar-refractivity contribution is 0.0559. The molecular formula is C64H87NO6. The molecule has 0 saturated heterocycles. The van der Waals surface area contributed by atoms with Crippen molar-refractivity contribution in [1.82, 2.24) is 4.90 Å². The first-order valence-corrected chi connectivity index (χ1v) is 26.5. The van der Waals surface area contributed by atoms with Crippen molar-refractivity contribution in [3.05, 3.63) is 164 Å². The summed E-state index contributed by atoms with van der Waals surface area (Å²) in [6.07, 6.45) is 8.15. The van der Waals surface area contributed by atoms with E-state index in [1.165, 1.54) is 49.4 Å². The fraction of sp³-hybridized carbons (Fsp3) is 0.500. The highest BCUT2D eigenvalue weighted by Gasteiger charge is 2.36. The van der Waals surface area contributed by atoms with Crippen molar-refractivity contribution < 1.29 is 29.6 Å². The van der Waals surface area contributed by atoms with Gasteiger partial charge in [0.15, 0.2) is 0 Å². The van der Waals surface area contributed by atoms with E-state index in [-0.39, 0.29) is 45.7 Å². The Hall–Kier alpha value is -5.24. The lowest BCUT2D eigenvalue weighted by Crippen LogP contribution is -2.30. The SMILES string of the molecule is CCC(CC)(c1ccc(CCC(O)C(C)(C)C)c(C)c1)c1ccc(OCCCCN2C(=O)c3ccccc3C2=O)c(C)c1.CCC(CC)(c1ccc(O)c(C)c1)c1ccc(CCC(O)C(C)(C)C)c(C)c1. The minimum atomic E-state index is -0.322. The Balaban J connectivity index is 0.000000290. The number of aryl methyl sites for hydroxylation is 6. The van der Waals surface area contributed by atoms with Crippen molar-refractivity contribution in [3.8, 4) is 11.5 Å². The van der Waals surface area contributed by atoms with Gasteiger partial charge in [0, 0.05) is 17.4 Å². The van der Waals surface area contributed by atoms with Crippen LogP contribution in [0.25, 0.3) is 0 Å². The molecule has 71 heavy (non-hydrogen) atoms. The van der Waals surface area contributed by atoms with Gasteiger partial charge in [-0.25, -0.2) is 0 Å². The van der Waals surface area contributed by atoms with Crippen LogP contribution < -0.4 is 4.74 Å². The van der Waals surface area contributed by atoms with Crippen LogP contribution in [0.3, 0.4) is 0 Å². The highest BCUT2D eigenvalue weighted by atomic mass is 16.5. The van der Waals surface area contributed by atoms with Gasteiger partial charge >= 0.3 is 0 Å². The van der Waals surface area contributed by atoms with Gasteiger partial charge in [-0.3, -0.25) is 14.5 Å². The molecule has 0 fully saturated rings. The van der Waals surface area contributed by atoms with Gasteiger partial charge in [-0.1, -0.05) is 142 Å². The van der Waals surface area contributed by atoms with E-state index in [2.05, 4.69) is 157 Å². The maximum absolute atomic E-state index is 12.6. The number of aliphatic hydroxyl groups is 2. The number of hydrogen-bond acceptors (Lipinski definition) is 6. The molecule has 7 nitrogen and oxygen atoms in total. The van der Waals surface area contributed by atoms with E-state index in [0.717, 1.165) is 74.7 Å². The number of ether oxygens (including phenoxy) is 1. The second kappa shape index (κ2) is 24.0. The molecule has 6 rings (SSSR count). The van der Waals surface area contributed by atoms with E-state index < -0.39 is 0 Å². The number of nitrogens with zero attached hydrogens (tertiary/aromatic N) is 1. The van der Waals surface area contributed by atoms with Crippen molar-refractivity contribution in [2.45, 2.75) is 184 Å². The van der Waals surface area contributed by atoms with Gasteiger partial charge in [0.2, 0.25) is 0 Å². The topological polar surface area (TPSA) is 107 Å². The zero-order chi connectivity index (χ0) is 52.5. The molecule has 1 heterocycles. The van der Waals surface area contributed by atoms with Crippen molar-refractivity contribution in [3.63, 3.8) is 0 Å². The number of hydrogen-bond donors (Lipinski definition) is 3. The van der Waals surface area contributed by atoms with Gasteiger partial charge in [-0.15, -0.1) is 0 Å². The Morgan fingerprint density at radius 3 is 1.30 bits per heavy atom. The summed E-state index contributed by atoms with van der Waals surface area (Å²) in [6, 6.07) is 33.3. The van der Waals surface area contributed by atoms with Crippen LogP contribution in [0, 0.1) is 38.5 Å². The quantitative estimate of drug-likeness (QED) is 0.0530. The van der Waals surface area contributed by atoms with Crippen LogP contribution in [-0.4, -0.2) is 57.4 Å². The molecule has 1 aliphatic heterocycles. The smallest absolute Gasteiger partial charge is 0.261 e. The monoisotopic (exact) mass is 966 g/mol. The molecule has 0 aromatic heterocycles. The second-order valence-corrected chi connectivity index (χ2v) is 22.5. The van der Waals surface area contributed by atoms with Crippen LogP contribution in [0.5, 0.6) is 11.5 Å². The van der Waals surface area contributed by atoms with Crippen LogP contribution in [0.4, 0.5) is 0 Å². The van der Waals surface area contributed by atoms with Crippen LogP contribution in [0.1, 0.15) is 197 Å². The molecule has 2 amide bonds. The number of benzene rings is 5. The molecular weight excluding hydrogens is 879 g/mol. The molecule has 0 spiro atoms. The van der Waals surface area contributed by atoms with Crippen molar-refractivity contribution in [2.24, 2.45) is 10.8 Å². The first kappa shape index (κ1) is 56.7. The maximum atomic E-state index is 12.6. The number of aliphatic hydroxyl groups excluding tert-OH is 2. The summed E-state index contributed by atoms with van der Waals surface area (Å²) >= 11 is 0. The summed E-state index contributed by atoms with van der Waals surface area (Å²) in [7, 11) is 0. The van der Waals surface area contributed by atoms with Crippen molar-refractivity contribution in [2.75, 3.05) is 13.2 Å². The summed E-state index contributed by atoms with van der Waals surface area (Å²) in [5, 5.41) is 30.9. The number of phenolic OH excluding ortho intramolecular Hbond substituents is 1. The fourth-order valence-corrected chi connectivity index (χ4v) is 10.5. The molecule has 384 valence electrons. The third kappa shape index (κ3) is 13.1. The zero-order valence-corrected chi connectivity index (χ0v) is 45.9. The van der Waals surface area contributed by atoms with Crippen LogP contribution in [-0.2, 0) is 23.7 Å². The Bertz CT molecular complexity index is 2550. The second-order valence-electron chi connectivity index (χ2n) is 22.5. The predicted octanol–water partition coefficient (Wildman–Crippen LogP) is 14.7. The van der Waals surface area contributed by atoms with E-state index in [0.29, 0.717) is 36.4 Å². The van der Waals surface area contributed by atoms with Crippen LogP contribution in [0.2, 0.25) is 0 Å². The van der Waals surface area contributed by atoms with E-state index in [9.17, 15) is 24.9 Å². The highest BCUT2D eigenvalue weighted by molar-refractivity contribution is 6.21. The lowest BCUT2D eigenvalue weighted by Gasteiger charge is -2.34. The Morgan fingerprint density at radius 2 is 0.915 bits per heavy atom. The molecule has 0 aliphatic carbocycles. The number of fused-ring (bicyclic) bond motifs is 1. The van der Waals surface area contributed by atoms with E-state index in [4.69, 9.17) is 4.74 Å². The number of carbonyl (C=O) groups excluding carboxylic acids is 2.